The summed E-state index contributed by atoms with van der Waals surface area (Å²) in [7, 11) is 0. The highest BCUT2D eigenvalue weighted by Crippen LogP contribution is 2.12. The number of rotatable bonds is 6. The largest absolute Gasteiger partial charge is 0.465 e. The molecule has 0 unspecified atom stereocenters. The maximum Gasteiger partial charge on any atom is 0.307 e. The van der Waals surface area contributed by atoms with Crippen molar-refractivity contribution in [3.63, 3.8) is 0 Å². The van der Waals surface area contributed by atoms with E-state index in [1.165, 1.54) is 0 Å². The van der Waals surface area contributed by atoms with Gasteiger partial charge in [-0.25, -0.2) is 0 Å². The fraction of sp³-hybridized carbons (Fsp3) is 0.462. The molecule has 0 spiro atoms. The topological polar surface area (TPSA) is 63.7 Å². The molecule has 2 amide bonds. The van der Waals surface area contributed by atoms with Crippen LogP contribution in [0, 0.1) is 0 Å². The van der Waals surface area contributed by atoms with Crippen LogP contribution in [-0.2, 0) is 25.5 Å². The van der Waals surface area contributed by atoms with Gasteiger partial charge >= 0.3 is 5.97 Å². The highest BCUT2D eigenvalue weighted by molar-refractivity contribution is 7.09. The molecule has 5 nitrogen and oxygen atoms in total. The summed E-state index contributed by atoms with van der Waals surface area (Å²) < 4.78 is 5.06. The van der Waals surface area contributed by atoms with Crippen LogP contribution in [0.5, 0.6) is 0 Å². The van der Waals surface area contributed by atoms with Crippen molar-refractivity contribution >= 4 is 29.1 Å². The summed E-state index contributed by atoms with van der Waals surface area (Å²) in [6.07, 6.45) is 1.28. The molecule has 1 aliphatic heterocycles. The molecule has 0 N–H and O–H groups in total. The SMILES string of the molecule is O=C(CCN1C(=O)CCC1=O)OCCc1cccs1. The fourth-order valence-corrected chi connectivity index (χ4v) is 2.56. The molecule has 1 fully saturated rings. The molecule has 0 bridgehead atoms. The van der Waals surface area contributed by atoms with Crippen LogP contribution >= 0.6 is 11.3 Å². The van der Waals surface area contributed by atoms with Crippen LogP contribution in [-0.4, -0.2) is 35.8 Å². The number of carbonyl (C=O) groups excluding carboxylic acids is 3. The third kappa shape index (κ3) is 3.89. The van der Waals surface area contributed by atoms with E-state index in [4.69, 9.17) is 4.74 Å². The van der Waals surface area contributed by atoms with Gasteiger partial charge in [0.05, 0.1) is 13.0 Å². The van der Waals surface area contributed by atoms with Crippen molar-refractivity contribution in [2.45, 2.75) is 25.7 Å². The Hall–Kier alpha value is -1.69. The Bertz CT molecular complexity index is 453. The number of carbonyl (C=O) groups is 3. The lowest BCUT2D eigenvalue weighted by atomic mass is 10.3. The van der Waals surface area contributed by atoms with Crippen molar-refractivity contribution in [2.75, 3.05) is 13.2 Å². The number of nitrogens with zero attached hydrogens (tertiary/aromatic N) is 1. The predicted molar refractivity (Wildman–Crippen MR) is 69.6 cm³/mol. The molecular weight excluding hydrogens is 266 g/mol. The van der Waals surface area contributed by atoms with E-state index in [9.17, 15) is 14.4 Å². The number of esters is 1. The molecule has 1 aromatic rings. The molecule has 1 aromatic heterocycles. The minimum Gasteiger partial charge on any atom is -0.465 e. The highest BCUT2D eigenvalue weighted by Gasteiger charge is 2.28. The van der Waals surface area contributed by atoms with E-state index in [2.05, 4.69) is 0 Å². The summed E-state index contributed by atoms with van der Waals surface area (Å²) in [5.41, 5.74) is 0. The van der Waals surface area contributed by atoms with Gasteiger partial charge in [0.2, 0.25) is 11.8 Å². The van der Waals surface area contributed by atoms with Crippen LogP contribution in [0.3, 0.4) is 0 Å². The van der Waals surface area contributed by atoms with E-state index in [1.807, 2.05) is 17.5 Å². The molecule has 0 atom stereocenters. The van der Waals surface area contributed by atoms with Crippen molar-refractivity contribution in [1.29, 1.82) is 0 Å². The Morgan fingerprint density at radius 2 is 2.05 bits per heavy atom. The lowest BCUT2D eigenvalue weighted by molar-refractivity contribution is -0.145. The summed E-state index contributed by atoms with van der Waals surface area (Å²) >= 11 is 1.62. The smallest absolute Gasteiger partial charge is 0.307 e. The van der Waals surface area contributed by atoms with Gasteiger partial charge in [-0.2, -0.15) is 0 Å². The van der Waals surface area contributed by atoms with Gasteiger partial charge < -0.3 is 4.74 Å². The van der Waals surface area contributed by atoms with Crippen LogP contribution in [0.25, 0.3) is 0 Å². The first-order chi connectivity index (χ1) is 9.16. The number of amides is 2. The van der Waals surface area contributed by atoms with E-state index in [1.54, 1.807) is 11.3 Å². The fourth-order valence-electron chi connectivity index (χ4n) is 1.87. The van der Waals surface area contributed by atoms with Crippen LogP contribution < -0.4 is 0 Å². The number of imide groups is 1. The van der Waals surface area contributed by atoms with E-state index >= 15 is 0 Å². The van der Waals surface area contributed by atoms with Gasteiger partial charge in [-0.1, -0.05) is 6.07 Å². The molecule has 2 rings (SSSR count). The molecule has 1 saturated heterocycles. The second-order valence-electron chi connectivity index (χ2n) is 4.24. The van der Waals surface area contributed by atoms with Crippen molar-refractivity contribution in [3.05, 3.63) is 22.4 Å². The molecule has 0 aliphatic carbocycles. The maximum atomic E-state index is 11.5. The number of likely N-dealkylation sites (tertiary alicyclic amines) is 1. The molecule has 6 heteroatoms. The van der Waals surface area contributed by atoms with Crippen LogP contribution in [0.4, 0.5) is 0 Å². The molecule has 0 saturated carbocycles. The number of hydrogen-bond acceptors (Lipinski definition) is 5. The van der Waals surface area contributed by atoms with Crippen molar-refractivity contribution in [2.24, 2.45) is 0 Å². The average Bonchev–Trinajstić information content (AvgIpc) is 2.99. The average molecular weight is 281 g/mol. The number of thiophene rings is 1. The zero-order valence-corrected chi connectivity index (χ0v) is 11.3. The van der Waals surface area contributed by atoms with Crippen molar-refractivity contribution in [3.8, 4) is 0 Å². The van der Waals surface area contributed by atoms with Crippen LogP contribution in [0.1, 0.15) is 24.1 Å². The first kappa shape index (κ1) is 13.7. The zero-order valence-electron chi connectivity index (χ0n) is 10.5. The molecule has 0 radical (unpaired) electrons. The highest BCUT2D eigenvalue weighted by atomic mass is 32.1. The summed E-state index contributed by atoms with van der Waals surface area (Å²) in [5.74, 6) is -0.767. The minimum atomic E-state index is -0.371. The van der Waals surface area contributed by atoms with Crippen LogP contribution in [0.15, 0.2) is 17.5 Å². The first-order valence-electron chi connectivity index (χ1n) is 6.18. The van der Waals surface area contributed by atoms with Gasteiger partial charge in [-0.3, -0.25) is 19.3 Å². The van der Waals surface area contributed by atoms with E-state index in [0.717, 1.165) is 9.78 Å². The second kappa shape index (κ2) is 6.47. The van der Waals surface area contributed by atoms with Crippen molar-refractivity contribution in [1.82, 2.24) is 4.90 Å². The minimum absolute atomic E-state index is 0.0713. The molecule has 19 heavy (non-hydrogen) atoms. The monoisotopic (exact) mass is 281 g/mol. The van der Waals surface area contributed by atoms with Gasteiger partial charge in [-0.15, -0.1) is 11.3 Å². The normalized spacial score (nSPS) is 15.1. The van der Waals surface area contributed by atoms with Crippen LogP contribution in [0.2, 0.25) is 0 Å². The van der Waals surface area contributed by atoms with Gasteiger partial charge in [0.25, 0.3) is 0 Å². The quantitative estimate of drug-likeness (QED) is 0.583. The summed E-state index contributed by atoms with van der Waals surface area (Å²) in [6, 6.07) is 3.94. The van der Waals surface area contributed by atoms with Gasteiger partial charge in [0.1, 0.15) is 0 Å². The van der Waals surface area contributed by atoms with Gasteiger partial charge in [0, 0.05) is 30.7 Å². The molecule has 0 aromatic carbocycles. The summed E-state index contributed by atoms with van der Waals surface area (Å²) in [6.45, 7) is 0.469. The lowest BCUT2D eigenvalue weighted by Crippen LogP contribution is -2.31. The zero-order chi connectivity index (χ0) is 13.7. The molecule has 102 valence electrons. The Kier molecular flexibility index (Phi) is 4.68. The standard InChI is InChI=1S/C13H15NO4S/c15-11-3-4-12(16)14(11)7-5-13(17)18-8-6-10-2-1-9-19-10/h1-2,9H,3-8H2. The Morgan fingerprint density at radius 1 is 1.32 bits per heavy atom. The first-order valence-corrected chi connectivity index (χ1v) is 7.06. The molecular formula is C13H15NO4S. The third-order valence-electron chi connectivity index (χ3n) is 2.89. The van der Waals surface area contributed by atoms with Gasteiger partial charge in [-0.05, 0) is 11.4 Å². The Balaban J connectivity index is 1.64. The van der Waals surface area contributed by atoms with E-state index in [-0.39, 0.29) is 43.6 Å². The van der Waals surface area contributed by atoms with Crippen molar-refractivity contribution < 1.29 is 19.1 Å². The number of ether oxygens (including phenoxy) is 1. The predicted octanol–water partition coefficient (Wildman–Crippen LogP) is 1.37. The number of hydrogen-bond donors (Lipinski definition) is 0. The van der Waals surface area contributed by atoms with Gasteiger partial charge in [0.15, 0.2) is 0 Å². The molecule has 1 aliphatic rings. The Labute approximate surface area is 115 Å². The van der Waals surface area contributed by atoms with E-state index < -0.39 is 0 Å². The Morgan fingerprint density at radius 3 is 2.68 bits per heavy atom. The summed E-state index contributed by atoms with van der Waals surface area (Å²) in [5, 5.41) is 1.97. The summed E-state index contributed by atoms with van der Waals surface area (Å²) in [4.78, 5) is 36.4. The molecule has 2 heterocycles. The third-order valence-corrected chi connectivity index (χ3v) is 3.82. The second-order valence-corrected chi connectivity index (χ2v) is 5.27. The lowest BCUT2D eigenvalue weighted by Gasteiger charge is -2.12. The van der Waals surface area contributed by atoms with E-state index in [0.29, 0.717) is 13.0 Å². The maximum absolute atomic E-state index is 11.5.